The van der Waals surface area contributed by atoms with Crippen LogP contribution >= 0.6 is 0 Å². The largest absolute Gasteiger partial charge is 0.490 e. The van der Waals surface area contributed by atoms with E-state index in [0.717, 1.165) is 11.3 Å². The van der Waals surface area contributed by atoms with Crippen LogP contribution in [0.4, 0.5) is 0 Å². The van der Waals surface area contributed by atoms with Crippen molar-refractivity contribution in [3.05, 3.63) is 36.7 Å². The molecule has 0 spiro atoms. The number of nitrogens with one attached hydrogen (secondary N) is 1. The Morgan fingerprint density at radius 1 is 1.65 bits per heavy atom. The first-order valence-corrected chi connectivity index (χ1v) is 5.39. The normalized spacial score (nSPS) is 11.0. The third kappa shape index (κ3) is 6.19. The highest BCUT2D eigenvalue weighted by Gasteiger charge is 1.93. The van der Waals surface area contributed by atoms with Crippen LogP contribution in [0.25, 0.3) is 0 Å². The van der Waals surface area contributed by atoms with Crippen LogP contribution in [-0.2, 0) is 0 Å². The first-order chi connectivity index (χ1) is 8.18. The summed E-state index contributed by atoms with van der Waals surface area (Å²) in [7, 11) is 0. The van der Waals surface area contributed by atoms with Gasteiger partial charge in [0, 0.05) is 6.20 Å². The molecule has 5 heteroatoms. The zero-order valence-electron chi connectivity index (χ0n) is 10.0. The van der Waals surface area contributed by atoms with E-state index in [1.54, 1.807) is 12.4 Å². The number of ether oxygens (including phenoxy) is 1. The molecule has 0 saturated carbocycles. The number of guanidine groups is 1. The molecule has 0 saturated heterocycles. The lowest BCUT2D eigenvalue weighted by Gasteiger charge is -2.07. The number of rotatable bonds is 6. The van der Waals surface area contributed by atoms with Gasteiger partial charge in [0.1, 0.15) is 12.4 Å². The Hall–Kier alpha value is -2.04. The van der Waals surface area contributed by atoms with Gasteiger partial charge in [-0.25, -0.2) is 4.99 Å². The molecular weight excluding hydrogens is 216 g/mol. The molecule has 17 heavy (non-hydrogen) atoms. The van der Waals surface area contributed by atoms with Gasteiger partial charge in [0.2, 0.25) is 0 Å². The molecule has 1 rings (SSSR count). The highest BCUT2D eigenvalue weighted by Crippen LogP contribution is 2.04. The second-order valence-corrected chi connectivity index (χ2v) is 3.62. The third-order valence-corrected chi connectivity index (χ3v) is 1.83. The van der Waals surface area contributed by atoms with Crippen molar-refractivity contribution in [2.75, 3.05) is 19.7 Å². The van der Waals surface area contributed by atoms with Gasteiger partial charge in [-0.3, -0.25) is 4.98 Å². The number of aromatic nitrogens is 1. The number of hydrogen-bond donors (Lipinski definition) is 2. The van der Waals surface area contributed by atoms with Crippen LogP contribution in [0.5, 0.6) is 5.75 Å². The van der Waals surface area contributed by atoms with Crippen molar-refractivity contribution in [2.45, 2.75) is 6.92 Å². The van der Waals surface area contributed by atoms with Crippen molar-refractivity contribution < 1.29 is 4.74 Å². The molecule has 0 aliphatic heterocycles. The average molecular weight is 234 g/mol. The van der Waals surface area contributed by atoms with E-state index in [1.165, 1.54) is 0 Å². The summed E-state index contributed by atoms with van der Waals surface area (Å²) in [6.45, 7) is 7.30. The molecule has 1 aromatic heterocycles. The Kier molecular flexibility index (Phi) is 5.57. The van der Waals surface area contributed by atoms with Crippen LogP contribution in [-0.4, -0.2) is 30.6 Å². The van der Waals surface area contributed by atoms with E-state index in [-0.39, 0.29) is 0 Å². The van der Waals surface area contributed by atoms with Crippen molar-refractivity contribution in [1.82, 2.24) is 10.3 Å². The second kappa shape index (κ2) is 7.27. The maximum atomic E-state index is 5.63. The fourth-order valence-corrected chi connectivity index (χ4v) is 1.06. The fraction of sp³-hybridized carbons (Fsp3) is 0.333. The Labute approximate surface area is 101 Å². The van der Waals surface area contributed by atoms with Crippen LogP contribution in [0.1, 0.15) is 6.92 Å². The van der Waals surface area contributed by atoms with Crippen LogP contribution in [0.15, 0.2) is 41.7 Å². The minimum absolute atomic E-state index is 0.405. The number of nitrogens with two attached hydrogens (primary N) is 1. The van der Waals surface area contributed by atoms with Crippen LogP contribution in [0.2, 0.25) is 0 Å². The molecule has 0 aliphatic rings. The summed E-state index contributed by atoms with van der Waals surface area (Å²) in [6, 6.07) is 3.68. The van der Waals surface area contributed by atoms with E-state index in [0.29, 0.717) is 25.7 Å². The van der Waals surface area contributed by atoms with E-state index in [4.69, 9.17) is 10.5 Å². The number of hydrogen-bond acceptors (Lipinski definition) is 3. The molecule has 0 atom stereocenters. The smallest absolute Gasteiger partial charge is 0.189 e. The Bertz CT molecular complexity index is 375. The van der Waals surface area contributed by atoms with E-state index in [9.17, 15) is 0 Å². The zero-order chi connectivity index (χ0) is 12.5. The van der Waals surface area contributed by atoms with Gasteiger partial charge in [-0.15, -0.1) is 0 Å². The summed E-state index contributed by atoms with van der Waals surface area (Å²) >= 11 is 0. The summed E-state index contributed by atoms with van der Waals surface area (Å²) in [4.78, 5) is 8.03. The molecule has 0 fully saturated rings. The zero-order valence-corrected chi connectivity index (χ0v) is 10.0. The van der Waals surface area contributed by atoms with Crippen LogP contribution in [0.3, 0.4) is 0 Å². The lowest BCUT2D eigenvalue weighted by atomic mass is 10.4. The van der Waals surface area contributed by atoms with Gasteiger partial charge in [0.05, 0.1) is 19.3 Å². The number of nitrogens with zero attached hydrogens (tertiary/aromatic N) is 2. The highest BCUT2D eigenvalue weighted by molar-refractivity contribution is 5.77. The Morgan fingerprint density at radius 3 is 3.12 bits per heavy atom. The van der Waals surface area contributed by atoms with Gasteiger partial charge in [-0.1, -0.05) is 12.2 Å². The molecule has 0 bridgehead atoms. The topological polar surface area (TPSA) is 72.5 Å². The van der Waals surface area contributed by atoms with Crippen LogP contribution < -0.4 is 15.8 Å². The minimum Gasteiger partial charge on any atom is -0.490 e. The number of pyridine rings is 1. The highest BCUT2D eigenvalue weighted by atomic mass is 16.5. The summed E-state index contributed by atoms with van der Waals surface area (Å²) in [5.41, 5.74) is 6.60. The predicted octanol–water partition coefficient (Wildman–Crippen LogP) is 0.941. The molecule has 92 valence electrons. The van der Waals surface area contributed by atoms with Gasteiger partial charge in [-0.05, 0) is 19.1 Å². The lowest BCUT2D eigenvalue weighted by Crippen LogP contribution is -2.34. The molecule has 0 aliphatic carbocycles. The van der Waals surface area contributed by atoms with Crippen LogP contribution in [0, 0.1) is 0 Å². The standard InChI is InChI=1S/C12H18N4O/c1-10(2)8-16-12(13)15-6-7-17-11-4-3-5-14-9-11/h3-5,9H,1,6-8H2,2H3,(H3,13,15,16). The Morgan fingerprint density at radius 2 is 2.47 bits per heavy atom. The van der Waals surface area contributed by atoms with E-state index in [1.807, 2.05) is 19.1 Å². The first kappa shape index (κ1) is 13.0. The molecule has 1 aromatic rings. The van der Waals surface area contributed by atoms with Gasteiger partial charge < -0.3 is 15.8 Å². The molecular formula is C12H18N4O. The average Bonchev–Trinajstić information content (AvgIpc) is 2.33. The monoisotopic (exact) mass is 234 g/mol. The third-order valence-electron chi connectivity index (χ3n) is 1.83. The fourth-order valence-electron chi connectivity index (χ4n) is 1.06. The first-order valence-electron chi connectivity index (χ1n) is 5.39. The number of aliphatic imine (C=N–C) groups is 1. The van der Waals surface area contributed by atoms with Crippen molar-refractivity contribution in [1.29, 1.82) is 0 Å². The van der Waals surface area contributed by atoms with E-state index < -0.39 is 0 Å². The molecule has 3 N–H and O–H groups in total. The lowest BCUT2D eigenvalue weighted by molar-refractivity contribution is 0.321. The van der Waals surface area contributed by atoms with Gasteiger partial charge in [-0.2, -0.15) is 0 Å². The summed E-state index contributed by atoms with van der Waals surface area (Å²) < 4.78 is 5.43. The van der Waals surface area contributed by atoms with Gasteiger partial charge >= 0.3 is 0 Å². The molecule has 5 nitrogen and oxygen atoms in total. The minimum atomic E-state index is 0.405. The quantitative estimate of drug-likeness (QED) is 0.332. The summed E-state index contributed by atoms with van der Waals surface area (Å²) in [5.74, 6) is 1.15. The van der Waals surface area contributed by atoms with E-state index in [2.05, 4.69) is 21.9 Å². The van der Waals surface area contributed by atoms with Crippen molar-refractivity contribution in [3.63, 3.8) is 0 Å². The maximum Gasteiger partial charge on any atom is 0.189 e. The van der Waals surface area contributed by atoms with Crippen molar-refractivity contribution >= 4 is 5.96 Å². The summed E-state index contributed by atoms with van der Waals surface area (Å²) in [6.07, 6.45) is 3.37. The second-order valence-electron chi connectivity index (χ2n) is 3.62. The van der Waals surface area contributed by atoms with Gasteiger partial charge in [0.25, 0.3) is 0 Å². The summed E-state index contributed by atoms with van der Waals surface area (Å²) in [5, 5.41) is 2.95. The predicted molar refractivity (Wildman–Crippen MR) is 69.0 cm³/mol. The van der Waals surface area contributed by atoms with Gasteiger partial charge in [0.15, 0.2) is 5.96 Å². The van der Waals surface area contributed by atoms with E-state index >= 15 is 0 Å². The van der Waals surface area contributed by atoms with Crippen molar-refractivity contribution in [2.24, 2.45) is 10.7 Å². The molecule has 0 unspecified atom stereocenters. The molecule has 1 heterocycles. The maximum absolute atomic E-state index is 5.63. The molecule has 0 aromatic carbocycles. The van der Waals surface area contributed by atoms with Crippen molar-refractivity contribution in [3.8, 4) is 5.75 Å². The molecule has 0 amide bonds. The Balaban J connectivity index is 2.16. The SMILES string of the molecule is C=C(C)CN=C(N)NCCOc1cccnc1. The molecule has 0 radical (unpaired) electrons.